The van der Waals surface area contributed by atoms with Gasteiger partial charge >= 0.3 is 17.1 Å². The summed E-state index contributed by atoms with van der Waals surface area (Å²) >= 11 is 0. The molecule has 0 bridgehead atoms. The first kappa shape index (κ1) is 37.0. The van der Waals surface area contributed by atoms with Crippen LogP contribution in [0.3, 0.4) is 0 Å². The van der Waals surface area contributed by atoms with Crippen LogP contribution >= 0.6 is 0 Å². The largest absolute Gasteiger partial charge is 2.00 e. The summed E-state index contributed by atoms with van der Waals surface area (Å²) in [5.41, 5.74) is 9.54. The van der Waals surface area contributed by atoms with E-state index in [2.05, 4.69) is 49.2 Å². The molecule has 249 valence electrons. The van der Waals surface area contributed by atoms with Gasteiger partial charge in [-0.3, -0.25) is 24.9 Å². The molecule has 7 rings (SSSR count). The van der Waals surface area contributed by atoms with E-state index < -0.39 is 10.2 Å². The molecule has 0 aliphatic heterocycles. The standard InChI is InChI=1S/C20H14N4.C14H12N2.Cu.2NO3/c1-3-9-22-17(5-1)19-13-16(15-7-11-21-12-8-15)14-20(24-19)18-6-2-4-10-23-18;1-9-3-5-11-7-8-12-6-4-10(2)16-14(12)13(11)15-9;;2*2-1(3)4/h1-14H;3-8H,1-2H3;;;/q;;+2;2*-1. The fourth-order valence-electron chi connectivity index (χ4n) is 4.50. The molecule has 0 N–H and O–H groups in total. The first-order valence-electron chi connectivity index (χ1n) is 14.1. The van der Waals surface area contributed by atoms with Crippen molar-refractivity contribution >= 4 is 21.8 Å². The van der Waals surface area contributed by atoms with Gasteiger partial charge in [-0.2, -0.15) is 0 Å². The minimum Gasteiger partial charge on any atom is -0.356 e. The Kier molecular flexibility index (Phi) is 13.6. The molecule has 0 saturated carbocycles. The summed E-state index contributed by atoms with van der Waals surface area (Å²) in [7, 11) is 0. The van der Waals surface area contributed by atoms with Crippen molar-refractivity contribution in [3.8, 4) is 33.9 Å². The van der Waals surface area contributed by atoms with Crippen LogP contribution in [0.2, 0.25) is 0 Å². The van der Waals surface area contributed by atoms with E-state index >= 15 is 0 Å². The molecule has 49 heavy (non-hydrogen) atoms. The summed E-state index contributed by atoms with van der Waals surface area (Å²) in [5.74, 6) is 0. The fourth-order valence-corrected chi connectivity index (χ4v) is 4.50. The van der Waals surface area contributed by atoms with Crippen LogP contribution in [0.1, 0.15) is 11.4 Å². The fraction of sp³-hybridized carbons (Fsp3) is 0.0588. The maximum atomic E-state index is 8.25. The van der Waals surface area contributed by atoms with E-state index in [0.29, 0.717) is 0 Å². The molecule has 1 radical (unpaired) electrons. The van der Waals surface area contributed by atoms with Crippen LogP contribution in [0.4, 0.5) is 0 Å². The number of rotatable bonds is 3. The summed E-state index contributed by atoms with van der Waals surface area (Å²) in [4.78, 5) is 43.4. The van der Waals surface area contributed by atoms with Gasteiger partial charge in [-0.25, -0.2) is 4.98 Å². The molecule has 0 spiro atoms. The van der Waals surface area contributed by atoms with Crippen LogP contribution in [0.15, 0.2) is 122 Å². The molecule has 6 aromatic heterocycles. The summed E-state index contributed by atoms with van der Waals surface area (Å²) < 4.78 is 0. The predicted octanol–water partition coefficient (Wildman–Crippen LogP) is 7.19. The molecular formula is C34H26CuN8O6. The van der Waals surface area contributed by atoms with Crippen molar-refractivity contribution in [2.75, 3.05) is 0 Å². The smallest absolute Gasteiger partial charge is 0.356 e. The summed E-state index contributed by atoms with van der Waals surface area (Å²) in [6, 6.07) is 32.2. The van der Waals surface area contributed by atoms with Crippen molar-refractivity contribution < 1.29 is 27.2 Å². The van der Waals surface area contributed by atoms with Crippen molar-refractivity contribution in [2.24, 2.45) is 0 Å². The molecule has 0 fully saturated rings. The summed E-state index contributed by atoms with van der Waals surface area (Å²) in [6.45, 7) is 4.02. The van der Waals surface area contributed by atoms with Gasteiger partial charge in [0.1, 0.15) is 0 Å². The summed E-state index contributed by atoms with van der Waals surface area (Å²) in [5, 5.41) is 31.8. The van der Waals surface area contributed by atoms with Gasteiger partial charge in [0.05, 0.1) is 44.0 Å². The van der Waals surface area contributed by atoms with Crippen LogP contribution < -0.4 is 0 Å². The van der Waals surface area contributed by atoms with Crippen LogP contribution in [0, 0.1) is 44.5 Å². The average molecular weight is 706 g/mol. The van der Waals surface area contributed by atoms with Crippen LogP contribution in [0.5, 0.6) is 0 Å². The van der Waals surface area contributed by atoms with Crippen molar-refractivity contribution in [2.45, 2.75) is 13.8 Å². The summed E-state index contributed by atoms with van der Waals surface area (Å²) in [6.07, 6.45) is 7.13. The Hall–Kier alpha value is -6.44. The number of fused-ring (bicyclic) bond motifs is 3. The molecule has 15 heteroatoms. The second-order valence-corrected chi connectivity index (χ2v) is 9.85. The van der Waals surface area contributed by atoms with Crippen LogP contribution in [-0.2, 0) is 17.1 Å². The molecule has 0 amide bonds. The van der Waals surface area contributed by atoms with Gasteiger partial charge < -0.3 is 30.6 Å². The number of pyridine rings is 6. The second kappa shape index (κ2) is 18.0. The van der Waals surface area contributed by atoms with Gasteiger partial charge in [0.2, 0.25) is 0 Å². The number of hydrogen-bond donors (Lipinski definition) is 0. The molecule has 14 nitrogen and oxygen atoms in total. The Morgan fingerprint density at radius 1 is 0.490 bits per heavy atom. The number of hydrogen-bond acceptors (Lipinski definition) is 12. The van der Waals surface area contributed by atoms with Crippen LogP contribution in [0.25, 0.3) is 55.7 Å². The quantitative estimate of drug-likeness (QED) is 0.0774. The zero-order chi connectivity index (χ0) is 34.5. The normalized spacial score (nSPS) is 9.76. The second-order valence-electron chi connectivity index (χ2n) is 9.85. The van der Waals surface area contributed by atoms with Gasteiger partial charge in [-0.05, 0) is 85.6 Å². The van der Waals surface area contributed by atoms with E-state index in [-0.39, 0.29) is 17.1 Å². The number of nitrogens with zero attached hydrogens (tertiary/aromatic N) is 8. The van der Waals surface area contributed by atoms with E-state index in [1.54, 1.807) is 24.8 Å². The maximum absolute atomic E-state index is 8.25. The van der Waals surface area contributed by atoms with Crippen molar-refractivity contribution in [1.29, 1.82) is 0 Å². The van der Waals surface area contributed by atoms with Crippen molar-refractivity contribution in [1.82, 2.24) is 29.9 Å². The third-order valence-electron chi connectivity index (χ3n) is 6.49. The first-order chi connectivity index (χ1) is 23.1. The predicted molar refractivity (Wildman–Crippen MR) is 181 cm³/mol. The van der Waals surface area contributed by atoms with Crippen LogP contribution in [-0.4, -0.2) is 40.1 Å². The topological polar surface area (TPSA) is 210 Å². The van der Waals surface area contributed by atoms with E-state index in [1.807, 2.05) is 86.6 Å². The molecule has 0 saturated heterocycles. The Labute approximate surface area is 289 Å². The van der Waals surface area contributed by atoms with Gasteiger partial charge in [-0.1, -0.05) is 36.4 Å². The number of aryl methyl sites for hydroxylation is 2. The SMILES string of the molecule is Cc1ccc2ccc3ccc(C)nc3c2n1.O=[N+]([O-])[O-].O=[N+]([O-])[O-].[Cu+2].c1ccc(-c2cc(-c3ccncc3)cc(-c3ccccn3)n2)nc1. The molecule has 0 aliphatic carbocycles. The zero-order valence-corrected chi connectivity index (χ0v) is 26.8. The molecule has 0 unspecified atom stereocenters. The van der Waals surface area contributed by atoms with Crippen molar-refractivity contribution in [3.05, 3.63) is 164 Å². The molecule has 1 aromatic carbocycles. The van der Waals surface area contributed by atoms with Gasteiger partial charge in [0, 0.05) is 46.9 Å². The Morgan fingerprint density at radius 3 is 1.29 bits per heavy atom. The van der Waals surface area contributed by atoms with E-state index in [9.17, 15) is 0 Å². The van der Waals surface area contributed by atoms with E-state index in [4.69, 9.17) is 35.6 Å². The first-order valence-corrected chi connectivity index (χ1v) is 14.1. The Morgan fingerprint density at radius 2 is 0.898 bits per heavy atom. The van der Waals surface area contributed by atoms with Crippen molar-refractivity contribution in [3.63, 3.8) is 0 Å². The van der Waals surface area contributed by atoms with Gasteiger partial charge in [-0.15, -0.1) is 0 Å². The van der Waals surface area contributed by atoms with E-state index in [1.165, 1.54) is 0 Å². The number of aromatic nitrogens is 6. The zero-order valence-electron chi connectivity index (χ0n) is 25.9. The monoisotopic (exact) mass is 705 g/mol. The minimum atomic E-state index is -1.75. The third kappa shape index (κ3) is 11.1. The molecule has 6 heterocycles. The Bertz CT molecular complexity index is 1920. The Balaban J connectivity index is 0.000000224. The molecular weight excluding hydrogens is 680 g/mol. The number of benzene rings is 1. The maximum Gasteiger partial charge on any atom is 2.00 e. The third-order valence-corrected chi connectivity index (χ3v) is 6.49. The average Bonchev–Trinajstić information content (AvgIpc) is 3.09. The minimum absolute atomic E-state index is 0. The van der Waals surface area contributed by atoms with Gasteiger partial charge in [0.25, 0.3) is 0 Å². The molecule has 0 atom stereocenters. The molecule has 7 aromatic rings. The van der Waals surface area contributed by atoms with E-state index in [0.717, 1.165) is 67.1 Å². The van der Waals surface area contributed by atoms with Gasteiger partial charge in [0.15, 0.2) is 0 Å². The molecule has 0 aliphatic rings.